The summed E-state index contributed by atoms with van der Waals surface area (Å²) in [5.41, 5.74) is 2.12. The molecule has 1 atom stereocenters. The number of benzene rings is 1. The summed E-state index contributed by atoms with van der Waals surface area (Å²) in [5.74, 6) is 1.33. The van der Waals surface area contributed by atoms with Crippen LogP contribution >= 0.6 is 12.2 Å². The smallest absolute Gasteiger partial charge is 0.156 e. The molecule has 6 nitrogen and oxygen atoms in total. The van der Waals surface area contributed by atoms with Crippen LogP contribution in [0.1, 0.15) is 54.2 Å². The van der Waals surface area contributed by atoms with E-state index in [1.165, 1.54) is 18.6 Å². The molecule has 0 radical (unpaired) electrons. The molecule has 1 aliphatic carbocycles. The van der Waals surface area contributed by atoms with Crippen molar-refractivity contribution >= 4 is 17.2 Å². The first-order chi connectivity index (χ1) is 13.5. The molecule has 1 fully saturated rings. The van der Waals surface area contributed by atoms with Crippen LogP contribution in [0.25, 0.3) is 5.82 Å². The number of thiocarbonyl (C=S) groups is 1. The van der Waals surface area contributed by atoms with E-state index in [0.717, 1.165) is 18.4 Å². The average Bonchev–Trinajstić information content (AvgIpc) is 3.44. The van der Waals surface area contributed by atoms with Crippen LogP contribution in [0.3, 0.4) is 0 Å². The standard InChI is InChI=1S/C20H17FN6S/c1-12(19-24-11-25-27(19)18-5-2-13(9-22)10-23-18)26-20(28)16-6-15(14-3-4-14)7-17(21)8-16/h2,5-8,10-12,14H,3-4H2,1H3,(H,26,28)/t12-/m1/s1. The lowest BCUT2D eigenvalue weighted by Crippen LogP contribution is -2.28. The Morgan fingerprint density at radius 2 is 2.14 bits per heavy atom. The van der Waals surface area contributed by atoms with Crippen LogP contribution in [0.5, 0.6) is 0 Å². The van der Waals surface area contributed by atoms with Gasteiger partial charge in [0.25, 0.3) is 0 Å². The summed E-state index contributed by atoms with van der Waals surface area (Å²) < 4.78 is 15.6. The van der Waals surface area contributed by atoms with Crippen molar-refractivity contribution in [2.24, 2.45) is 0 Å². The number of nitrogens with zero attached hydrogens (tertiary/aromatic N) is 5. The molecule has 3 aromatic rings. The highest BCUT2D eigenvalue weighted by Crippen LogP contribution is 2.40. The van der Waals surface area contributed by atoms with Crippen LogP contribution in [-0.2, 0) is 0 Å². The van der Waals surface area contributed by atoms with Gasteiger partial charge in [-0.15, -0.1) is 0 Å². The van der Waals surface area contributed by atoms with Gasteiger partial charge in [-0.3, -0.25) is 0 Å². The van der Waals surface area contributed by atoms with E-state index in [2.05, 4.69) is 20.4 Å². The Morgan fingerprint density at radius 3 is 2.82 bits per heavy atom. The fourth-order valence-corrected chi connectivity index (χ4v) is 3.33. The van der Waals surface area contributed by atoms with Gasteiger partial charge in [-0.25, -0.2) is 14.4 Å². The first kappa shape index (κ1) is 18.2. The Bertz CT molecular complexity index is 1070. The summed E-state index contributed by atoms with van der Waals surface area (Å²) in [7, 11) is 0. The Kier molecular flexibility index (Phi) is 4.84. The van der Waals surface area contributed by atoms with Crippen LogP contribution in [-0.4, -0.2) is 24.7 Å². The molecule has 2 aromatic heterocycles. The second-order valence-electron chi connectivity index (χ2n) is 6.79. The van der Waals surface area contributed by atoms with Gasteiger partial charge in [0.15, 0.2) is 11.6 Å². The number of nitrogens with one attached hydrogen (secondary N) is 1. The van der Waals surface area contributed by atoms with E-state index in [9.17, 15) is 4.39 Å². The molecule has 1 saturated carbocycles. The number of hydrogen-bond donors (Lipinski definition) is 1. The van der Waals surface area contributed by atoms with Crippen molar-refractivity contribution in [2.45, 2.75) is 31.7 Å². The van der Waals surface area contributed by atoms with E-state index in [4.69, 9.17) is 17.5 Å². The van der Waals surface area contributed by atoms with Crippen molar-refractivity contribution in [3.05, 3.63) is 71.2 Å². The topological polar surface area (TPSA) is 79.4 Å². The van der Waals surface area contributed by atoms with Gasteiger partial charge in [0.2, 0.25) is 0 Å². The lowest BCUT2D eigenvalue weighted by Gasteiger charge is -2.17. The molecule has 0 unspecified atom stereocenters. The van der Waals surface area contributed by atoms with Crippen molar-refractivity contribution < 1.29 is 4.39 Å². The molecule has 8 heteroatoms. The van der Waals surface area contributed by atoms with E-state index < -0.39 is 0 Å². The van der Waals surface area contributed by atoms with Crippen LogP contribution in [0.15, 0.2) is 42.9 Å². The molecule has 0 spiro atoms. The first-order valence-electron chi connectivity index (χ1n) is 8.93. The highest BCUT2D eigenvalue weighted by Gasteiger charge is 2.25. The summed E-state index contributed by atoms with van der Waals surface area (Å²) in [6.45, 7) is 1.90. The Balaban J connectivity index is 1.54. The third kappa shape index (κ3) is 3.75. The summed E-state index contributed by atoms with van der Waals surface area (Å²) in [5, 5.41) is 16.3. The summed E-state index contributed by atoms with van der Waals surface area (Å²) in [6, 6.07) is 10.1. The highest BCUT2D eigenvalue weighted by atomic mass is 32.1. The molecule has 0 amide bonds. The number of rotatable bonds is 5. The molecule has 0 bridgehead atoms. The van der Waals surface area contributed by atoms with Crippen molar-refractivity contribution in [2.75, 3.05) is 0 Å². The minimum Gasteiger partial charge on any atom is -0.366 e. The SMILES string of the molecule is C[C@@H](NC(=S)c1cc(F)cc(C2CC2)c1)c1ncnn1-c1ccc(C#N)cn1. The monoisotopic (exact) mass is 392 g/mol. The molecule has 1 aromatic carbocycles. The predicted octanol–water partition coefficient (Wildman–Crippen LogP) is 3.58. The summed E-state index contributed by atoms with van der Waals surface area (Å²) in [6.07, 6.45) is 5.11. The quantitative estimate of drug-likeness (QED) is 0.669. The fourth-order valence-electron chi connectivity index (χ4n) is 3.04. The predicted molar refractivity (Wildman–Crippen MR) is 105 cm³/mol. The van der Waals surface area contributed by atoms with Gasteiger partial charge in [-0.05, 0) is 61.6 Å². The van der Waals surface area contributed by atoms with E-state index in [1.807, 2.05) is 19.1 Å². The number of pyridine rings is 1. The summed E-state index contributed by atoms with van der Waals surface area (Å²) in [4.78, 5) is 9.01. The molecule has 2 heterocycles. The minimum absolute atomic E-state index is 0.277. The Morgan fingerprint density at radius 1 is 1.32 bits per heavy atom. The molecular weight excluding hydrogens is 375 g/mol. The van der Waals surface area contributed by atoms with Gasteiger partial charge >= 0.3 is 0 Å². The second kappa shape index (κ2) is 7.44. The van der Waals surface area contributed by atoms with Gasteiger partial charge in [0.05, 0.1) is 11.6 Å². The van der Waals surface area contributed by atoms with E-state index in [-0.39, 0.29) is 11.9 Å². The highest BCUT2D eigenvalue weighted by molar-refractivity contribution is 7.80. The van der Waals surface area contributed by atoms with Crippen molar-refractivity contribution in [3.8, 4) is 11.9 Å². The maximum absolute atomic E-state index is 14.0. The lowest BCUT2D eigenvalue weighted by molar-refractivity contribution is 0.621. The zero-order valence-electron chi connectivity index (χ0n) is 15.1. The lowest BCUT2D eigenvalue weighted by atomic mass is 10.1. The maximum Gasteiger partial charge on any atom is 0.156 e. The number of hydrogen-bond acceptors (Lipinski definition) is 5. The normalized spacial score (nSPS) is 14.3. The molecular formula is C20H17FN6S. The van der Waals surface area contributed by atoms with Crippen LogP contribution in [0.4, 0.5) is 4.39 Å². The fraction of sp³-hybridized carbons (Fsp3) is 0.250. The van der Waals surface area contributed by atoms with E-state index >= 15 is 0 Å². The number of halogens is 1. The number of nitriles is 1. The Hall–Kier alpha value is -3.18. The first-order valence-corrected chi connectivity index (χ1v) is 9.34. The van der Waals surface area contributed by atoms with Crippen LogP contribution in [0, 0.1) is 17.1 Å². The van der Waals surface area contributed by atoms with Crippen LogP contribution < -0.4 is 5.32 Å². The molecule has 1 aliphatic rings. The second-order valence-corrected chi connectivity index (χ2v) is 7.20. The number of aromatic nitrogens is 4. The maximum atomic E-state index is 14.0. The molecule has 1 N–H and O–H groups in total. The van der Waals surface area contributed by atoms with Crippen molar-refractivity contribution in [3.63, 3.8) is 0 Å². The van der Waals surface area contributed by atoms with Gasteiger partial charge in [0.1, 0.15) is 23.2 Å². The summed E-state index contributed by atoms with van der Waals surface area (Å²) >= 11 is 5.50. The van der Waals surface area contributed by atoms with Gasteiger partial charge in [0, 0.05) is 11.8 Å². The largest absolute Gasteiger partial charge is 0.366 e. The molecule has 0 saturated heterocycles. The molecule has 4 rings (SSSR count). The zero-order valence-corrected chi connectivity index (χ0v) is 15.9. The van der Waals surface area contributed by atoms with Gasteiger partial charge < -0.3 is 5.32 Å². The third-order valence-electron chi connectivity index (χ3n) is 4.63. The molecule has 28 heavy (non-hydrogen) atoms. The third-order valence-corrected chi connectivity index (χ3v) is 4.99. The van der Waals surface area contributed by atoms with E-state index in [0.29, 0.717) is 33.7 Å². The average molecular weight is 392 g/mol. The van der Waals surface area contributed by atoms with Gasteiger partial charge in [-0.1, -0.05) is 12.2 Å². The zero-order chi connectivity index (χ0) is 19.7. The Labute approximate surface area is 167 Å². The van der Waals surface area contributed by atoms with Gasteiger partial charge in [-0.2, -0.15) is 15.0 Å². The molecule has 140 valence electrons. The molecule has 0 aliphatic heterocycles. The van der Waals surface area contributed by atoms with Crippen molar-refractivity contribution in [1.82, 2.24) is 25.1 Å². The van der Waals surface area contributed by atoms with Crippen LogP contribution in [0.2, 0.25) is 0 Å². The van der Waals surface area contributed by atoms with Crippen molar-refractivity contribution in [1.29, 1.82) is 5.26 Å². The van der Waals surface area contributed by atoms with E-state index in [1.54, 1.807) is 22.9 Å². The minimum atomic E-state index is -0.278.